The SMILES string of the molecule is c1csc(CCNCCc2cccc3cccnc23)c1. The van der Waals surface area contributed by atoms with Gasteiger partial charge in [0.25, 0.3) is 0 Å². The van der Waals surface area contributed by atoms with Gasteiger partial charge in [-0.1, -0.05) is 30.3 Å². The first-order chi connectivity index (χ1) is 9.93. The van der Waals surface area contributed by atoms with E-state index in [-0.39, 0.29) is 0 Å². The largest absolute Gasteiger partial charge is 0.316 e. The predicted octanol–water partition coefficient (Wildman–Crippen LogP) is 3.67. The molecule has 20 heavy (non-hydrogen) atoms. The first kappa shape index (κ1) is 13.3. The number of aromatic nitrogens is 1. The van der Waals surface area contributed by atoms with Crippen molar-refractivity contribution in [1.29, 1.82) is 0 Å². The zero-order chi connectivity index (χ0) is 13.6. The molecule has 0 saturated heterocycles. The Morgan fingerprint density at radius 2 is 1.85 bits per heavy atom. The minimum Gasteiger partial charge on any atom is -0.316 e. The van der Waals surface area contributed by atoms with Crippen LogP contribution in [0, 0.1) is 0 Å². The van der Waals surface area contributed by atoms with Crippen LogP contribution in [0.3, 0.4) is 0 Å². The standard InChI is InChI=1S/C17H18N2S/c1-4-14-6-2-10-19-17(14)15(5-1)8-11-18-12-9-16-7-3-13-20-16/h1-7,10,13,18H,8-9,11-12H2. The number of rotatable bonds is 6. The van der Waals surface area contributed by atoms with E-state index in [1.54, 1.807) is 0 Å². The Hall–Kier alpha value is -1.71. The molecule has 0 unspecified atom stereocenters. The molecule has 2 heterocycles. The maximum atomic E-state index is 4.49. The normalized spacial score (nSPS) is 11.0. The molecule has 3 heteroatoms. The summed E-state index contributed by atoms with van der Waals surface area (Å²) in [7, 11) is 0. The van der Waals surface area contributed by atoms with E-state index in [0.29, 0.717) is 0 Å². The van der Waals surface area contributed by atoms with Gasteiger partial charge in [-0.3, -0.25) is 4.98 Å². The fourth-order valence-corrected chi connectivity index (χ4v) is 3.09. The van der Waals surface area contributed by atoms with Gasteiger partial charge >= 0.3 is 0 Å². The van der Waals surface area contributed by atoms with E-state index in [2.05, 4.69) is 52.1 Å². The van der Waals surface area contributed by atoms with Crippen molar-refractivity contribution in [2.45, 2.75) is 12.8 Å². The molecule has 0 amide bonds. The van der Waals surface area contributed by atoms with Gasteiger partial charge in [-0.25, -0.2) is 0 Å². The zero-order valence-electron chi connectivity index (χ0n) is 11.4. The molecule has 0 atom stereocenters. The first-order valence-corrected chi connectivity index (χ1v) is 7.87. The summed E-state index contributed by atoms with van der Waals surface area (Å²) in [5, 5.41) is 6.88. The minimum absolute atomic E-state index is 1.00. The lowest BCUT2D eigenvalue weighted by molar-refractivity contribution is 0.686. The van der Waals surface area contributed by atoms with Gasteiger partial charge in [-0.05, 0) is 49.0 Å². The van der Waals surface area contributed by atoms with Gasteiger partial charge in [0.2, 0.25) is 0 Å². The molecule has 0 radical (unpaired) electrons. The summed E-state index contributed by atoms with van der Waals surface area (Å²) in [4.78, 5) is 5.94. The number of fused-ring (bicyclic) bond motifs is 1. The third-order valence-electron chi connectivity index (χ3n) is 3.42. The molecule has 0 aliphatic heterocycles. The second kappa shape index (κ2) is 6.64. The van der Waals surface area contributed by atoms with Crippen LogP contribution >= 0.6 is 11.3 Å². The molecule has 1 aromatic carbocycles. The lowest BCUT2D eigenvalue weighted by atomic mass is 10.1. The van der Waals surface area contributed by atoms with E-state index in [4.69, 9.17) is 0 Å². The van der Waals surface area contributed by atoms with E-state index in [9.17, 15) is 0 Å². The molecule has 2 aromatic heterocycles. The number of nitrogens with one attached hydrogen (secondary N) is 1. The number of hydrogen-bond acceptors (Lipinski definition) is 3. The highest BCUT2D eigenvalue weighted by molar-refractivity contribution is 7.09. The van der Waals surface area contributed by atoms with Crippen molar-refractivity contribution in [1.82, 2.24) is 10.3 Å². The third kappa shape index (κ3) is 3.24. The van der Waals surface area contributed by atoms with Crippen LogP contribution in [0.25, 0.3) is 10.9 Å². The zero-order valence-corrected chi connectivity index (χ0v) is 12.2. The van der Waals surface area contributed by atoms with Crippen molar-refractivity contribution in [3.05, 3.63) is 64.5 Å². The summed E-state index contributed by atoms with van der Waals surface area (Å²) in [5.74, 6) is 0. The van der Waals surface area contributed by atoms with Crippen molar-refractivity contribution in [2.75, 3.05) is 13.1 Å². The predicted molar refractivity (Wildman–Crippen MR) is 86.3 cm³/mol. The molecular weight excluding hydrogens is 264 g/mol. The lowest BCUT2D eigenvalue weighted by Gasteiger charge is -2.07. The van der Waals surface area contributed by atoms with Crippen molar-refractivity contribution < 1.29 is 0 Å². The highest BCUT2D eigenvalue weighted by Gasteiger charge is 2.01. The Kier molecular flexibility index (Phi) is 4.41. The second-order valence-electron chi connectivity index (χ2n) is 4.82. The summed E-state index contributed by atoms with van der Waals surface area (Å²) in [6, 6.07) is 14.8. The Balaban J connectivity index is 1.52. The Morgan fingerprint density at radius 1 is 0.950 bits per heavy atom. The minimum atomic E-state index is 1.00. The van der Waals surface area contributed by atoms with Gasteiger partial charge < -0.3 is 5.32 Å². The van der Waals surface area contributed by atoms with Crippen LogP contribution in [0.2, 0.25) is 0 Å². The number of hydrogen-bond donors (Lipinski definition) is 1. The maximum Gasteiger partial charge on any atom is 0.0734 e. The molecule has 2 nitrogen and oxygen atoms in total. The van der Waals surface area contributed by atoms with Crippen molar-refractivity contribution in [3.63, 3.8) is 0 Å². The van der Waals surface area contributed by atoms with Gasteiger partial charge in [0, 0.05) is 16.5 Å². The highest BCUT2D eigenvalue weighted by Crippen LogP contribution is 2.16. The summed E-state index contributed by atoms with van der Waals surface area (Å²) in [5.41, 5.74) is 2.46. The van der Waals surface area contributed by atoms with Gasteiger partial charge in [-0.2, -0.15) is 0 Å². The highest BCUT2D eigenvalue weighted by atomic mass is 32.1. The Bertz CT molecular complexity index is 656. The van der Waals surface area contributed by atoms with Crippen molar-refractivity contribution >= 4 is 22.2 Å². The van der Waals surface area contributed by atoms with Crippen LogP contribution in [0.15, 0.2) is 54.0 Å². The van der Waals surface area contributed by atoms with Gasteiger partial charge in [0.15, 0.2) is 0 Å². The van der Waals surface area contributed by atoms with Gasteiger partial charge in [0.05, 0.1) is 5.52 Å². The van der Waals surface area contributed by atoms with Crippen LogP contribution < -0.4 is 5.32 Å². The summed E-state index contributed by atoms with van der Waals surface area (Å²) >= 11 is 1.83. The summed E-state index contributed by atoms with van der Waals surface area (Å²) < 4.78 is 0. The van der Waals surface area contributed by atoms with Crippen LogP contribution in [0.4, 0.5) is 0 Å². The Morgan fingerprint density at radius 3 is 2.75 bits per heavy atom. The molecule has 0 fully saturated rings. The van der Waals surface area contributed by atoms with E-state index in [1.807, 2.05) is 23.6 Å². The number of pyridine rings is 1. The lowest BCUT2D eigenvalue weighted by Crippen LogP contribution is -2.20. The molecular formula is C17H18N2S. The smallest absolute Gasteiger partial charge is 0.0734 e. The first-order valence-electron chi connectivity index (χ1n) is 6.99. The monoisotopic (exact) mass is 282 g/mol. The van der Waals surface area contributed by atoms with Gasteiger partial charge in [0.1, 0.15) is 0 Å². The van der Waals surface area contributed by atoms with Crippen LogP contribution in [-0.2, 0) is 12.8 Å². The molecule has 0 bridgehead atoms. The average Bonchev–Trinajstić information content (AvgIpc) is 3.00. The quantitative estimate of drug-likeness (QED) is 0.698. The van der Waals surface area contributed by atoms with Crippen LogP contribution in [0.1, 0.15) is 10.4 Å². The molecule has 0 spiro atoms. The molecule has 3 rings (SSSR count). The van der Waals surface area contributed by atoms with Crippen LogP contribution in [0.5, 0.6) is 0 Å². The number of benzene rings is 1. The summed E-state index contributed by atoms with van der Waals surface area (Å²) in [6.07, 6.45) is 4.01. The summed E-state index contributed by atoms with van der Waals surface area (Å²) in [6.45, 7) is 2.04. The molecule has 0 saturated carbocycles. The topological polar surface area (TPSA) is 24.9 Å². The second-order valence-corrected chi connectivity index (χ2v) is 5.85. The maximum absolute atomic E-state index is 4.49. The van der Waals surface area contributed by atoms with E-state index >= 15 is 0 Å². The molecule has 0 aliphatic carbocycles. The fourth-order valence-electron chi connectivity index (χ4n) is 2.38. The van der Waals surface area contributed by atoms with Gasteiger partial charge in [-0.15, -0.1) is 11.3 Å². The fraction of sp³-hybridized carbons (Fsp3) is 0.235. The Labute approximate surface area is 123 Å². The number of para-hydroxylation sites is 1. The van der Waals surface area contributed by atoms with Crippen LogP contribution in [-0.4, -0.2) is 18.1 Å². The number of thiophene rings is 1. The van der Waals surface area contributed by atoms with Crippen molar-refractivity contribution in [2.24, 2.45) is 0 Å². The van der Waals surface area contributed by atoms with E-state index in [1.165, 1.54) is 15.8 Å². The molecule has 3 aromatic rings. The molecule has 0 aliphatic rings. The average molecular weight is 282 g/mol. The molecule has 102 valence electrons. The number of nitrogens with zero attached hydrogens (tertiary/aromatic N) is 1. The van der Waals surface area contributed by atoms with E-state index < -0.39 is 0 Å². The van der Waals surface area contributed by atoms with Crippen molar-refractivity contribution in [3.8, 4) is 0 Å². The van der Waals surface area contributed by atoms with E-state index in [0.717, 1.165) is 31.4 Å². The third-order valence-corrected chi connectivity index (χ3v) is 4.35. The molecule has 1 N–H and O–H groups in total.